The van der Waals surface area contributed by atoms with Crippen molar-refractivity contribution in [3.8, 4) is 0 Å². The smallest absolute Gasteiger partial charge is 0.0595 e. The number of rotatable bonds is 5. The molecule has 0 spiro atoms. The van der Waals surface area contributed by atoms with E-state index in [1.807, 2.05) is 18.2 Å². The van der Waals surface area contributed by atoms with Crippen LogP contribution in [0.1, 0.15) is 29.7 Å². The molecule has 0 aromatic heterocycles. The normalized spacial score (nSPS) is 12.4. The lowest BCUT2D eigenvalue weighted by molar-refractivity contribution is 0.549. The Bertz CT molecular complexity index is 608. The lowest BCUT2D eigenvalue weighted by Crippen LogP contribution is -2.23. The SMILES string of the molecule is CCNC(Cc1ccc(Cl)c(Cl)c1)c1cc(C)cc(Br)c1. The van der Waals surface area contributed by atoms with E-state index in [1.54, 1.807) is 0 Å². The van der Waals surface area contributed by atoms with Crippen LogP contribution in [0, 0.1) is 6.92 Å². The number of hydrogen-bond donors (Lipinski definition) is 1. The maximum Gasteiger partial charge on any atom is 0.0595 e. The van der Waals surface area contributed by atoms with Crippen molar-refractivity contribution < 1.29 is 0 Å². The van der Waals surface area contributed by atoms with Gasteiger partial charge >= 0.3 is 0 Å². The minimum Gasteiger partial charge on any atom is -0.310 e. The number of likely N-dealkylation sites (N-methyl/N-ethyl adjacent to an activating group) is 1. The fraction of sp³-hybridized carbons (Fsp3) is 0.294. The second-order valence-corrected chi connectivity index (χ2v) is 6.85. The van der Waals surface area contributed by atoms with E-state index in [-0.39, 0.29) is 6.04 Å². The number of nitrogens with one attached hydrogen (secondary N) is 1. The second-order valence-electron chi connectivity index (χ2n) is 5.12. The first kappa shape index (κ1) is 16.8. The van der Waals surface area contributed by atoms with Crippen LogP contribution in [0.25, 0.3) is 0 Å². The van der Waals surface area contributed by atoms with E-state index in [0.29, 0.717) is 10.0 Å². The summed E-state index contributed by atoms with van der Waals surface area (Å²) in [4.78, 5) is 0. The first-order valence-electron chi connectivity index (χ1n) is 6.94. The third-order valence-electron chi connectivity index (χ3n) is 3.34. The van der Waals surface area contributed by atoms with Crippen LogP contribution in [0.5, 0.6) is 0 Å². The number of benzene rings is 2. The zero-order chi connectivity index (χ0) is 15.4. The molecule has 1 unspecified atom stereocenters. The van der Waals surface area contributed by atoms with Crippen molar-refractivity contribution in [2.75, 3.05) is 6.54 Å². The predicted molar refractivity (Wildman–Crippen MR) is 95.5 cm³/mol. The molecule has 21 heavy (non-hydrogen) atoms. The number of halogens is 3. The highest BCUT2D eigenvalue weighted by Gasteiger charge is 2.13. The Balaban J connectivity index is 2.27. The number of hydrogen-bond acceptors (Lipinski definition) is 1. The summed E-state index contributed by atoms with van der Waals surface area (Å²) in [5.74, 6) is 0. The van der Waals surface area contributed by atoms with Crippen molar-refractivity contribution in [1.29, 1.82) is 0 Å². The summed E-state index contributed by atoms with van der Waals surface area (Å²) in [6.07, 6.45) is 0.876. The van der Waals surface area contributed by atoms with Gasteiger partial charge in [0.2, 0.25) is 0 Å². The minimum absolute atomic E-state index is 0.253. The summed E-state index contributed by atoms with van der Waals surface area (Å²) in [6.45, 7) is 5.14. The van der Waals surface area contributed by atoms with Gasteiger partial charge in [0, 0.05) is 10.5 Å². The van der Waals surface area contributed by atoms with Crippen LogP contribution < -0.4 is 5.32 Å². The Morgan fingerprint density at radius 2 is 1.86 bits per heavy atom. The van der Waals surface area contributed by atoms with Gasteiger partial charge in [-0.25, -0.2) is 0 Å². The summed E-state index contributed by atoms with van der Waals surface area (Å²) in [5.41, 5.74) is 3.69. The van der Waals surface area contributed by atoms with Gasteiger partial charge in [-0.05, 0) is 60.8 Å². The lowest BCUT2D eigenvalue weighted by Gasteiger charge is -2.20. The zero-order valence-corrected chi connectivity index (χ0v) is 15.2. The quantitative estimate of drug-likeness (QED) is 0.668. The van der Waals surface area contributed by atoms with Crippen molar-refractivity contribution >= 4 is 39.1 Å². The average molecular weight is 387 g/mol. The van der Waals surface area contributed by atoms with E-state index in [2.05, 4.69) is 53.3 Å². The molecule has 0 fully saturated rings. The maximum absolute atomic E-state index is 6.11. The van der Waals surface area contributed by atoms with Crippen molar-refractivity contribution in [1.82, 2.24) is 5.32 Å². The fourth-order valence-electron chi connectivity index (χ4n) is 2.42. The van der Waals surface area contributed by atoms with Crippen LogP contribution >= 0.6 is 39.1 Å². The van der Waals surface area contributed by atoms with Crippen LogP contribution in [0.4, 0.5) is 0 Å². The van der Waals surface area contributed by atoms with E-state index in [1.165, 1.54) is 16.7 Å². The molecule has 0 aliphatic heterocycles. The first-order valence-corrected chi connectivity index (χ1v) is 8.49. The summed E-state index contributed by atoms with van der Waals surface area (Å²) < 4.78 is 1.11. The first-order chi connectivity index (χ1) is 9.99. The molecular weight excluding hydrogens is 369 g/mol. The molecule has 1 atom stereocenters. The molecule has 2 rings (SSSR count). The molecule has 0 heterocycles. The van der Waals surface area contributed by atoms with Gasteiger partial charge in [-0.3, -0.25) is 0 Å². The molecule has 0 saturated carbocycles. The second kappa shape index (κ2) is 7.64. The van der Waals surface area contributed by atoms with Gasteiger partial charge in [-0.1, -0.05) is 58.2 Å². The highest BCUT2D eigenvalue weighted by Crippen LogP contribution is 2.27. The monoisotopic (exact) mass is 385 g/mol. The van der Waals surface area contributed by atoms with Crippen molar-refractivity contribution in [3.63, 3.8) is 0 Å². The van der Waals surface area contributed by atoms with Gasteiger partial charge in [0.25, 0.3) is 0 Å². The Morgan fingerprint density at radius 1 is 1.10 bits per heavy atom. The molecule has 2 aromatic rings. The van der Waals surface area contributed by atoms with E-state index in [4.69, 9.17) is 23.2 Å². The largest absolute Gasteiger partial charge is 0.310 e. The standard InChI is InChI=1S/C17H18BrCl2N/c1-3-21-17(13-6-11(2)7-14(18)10-13)9-12-4-5-15(19)16(20)8-12/h4-8,10,17,21H,3,9H2,1-2H3. The Morgan fingerprint density at radius 3 is 2.48 bits per heavy atom. The van der Waals surface area contributed by atoms with Gasteiger partial charge in [-0.15, -0.1) is 0 Å². The fourth-order valence-corrected chi connectivity index (χ4v) is 3.37. The molecule has 0 bridgehead atoms. The van der Waals surface area contributed by atoms with Crippen LogP contribution in [0.15, 0.2) is 40.9 Å². The molecule has 1 N–H and O–H groups in total. The van der Waals surface area contributed by atoms with Crippen molar-refractivity contribution in [2.45, 2.75) is 26.3 Å². The summed E-state index contributed by atoms with van der Waals surface area (Å²) >= 11 is 15.7. The van der Waals surface area contributed by atoms with E-state index < -0.39 is 0 Å². The molecule has 0 radical (unpaired) electrons. The van der Waals surface area contributed by atoms with Crippen LogP contribution in [0.3, 0.4) is 0 Å². The Labute approximate surface area is 144 Å². The molecule has 0 amide bonds. The predicted octanol–water partition coefficient (Wildman–Crippen LogP) is 5.96. The highest BCUT2D eigenvalue weighted by atomic mass is 79.9. The molecule has 112 valence electrons. The van der Waals surface area contributed by atoms with E-state index in [9.17, 15) is 0 Å². The van der Waals surface area contributed by atoms with Crippen LogP contribution in [0.2, 0.25) is 10.0 Å². The maximum atomic E-state index is 6.11. The summed E-state index contributed by atoms with van der Waals surface area (Å²) in [5, 5.41) is 4.74. The third kappa shape index (κ3) is 4.72. The third-order valence-corrected chi connectivity index (χ3v) is 4.54. The van der Waals surface area contributed by atoms with Crippen LogP contribution in [-0.2, 0) is 6.42 Å². The molecule has 4 heteroatoms. The minimum atomic E-state index is 0.253. The van der Waals surface area contributed by atoms with Gasteiger partial charge in [0.15, 0.2) is 0 Å². The summed E-state index contributed by atoms with van der Waals surface area (Å²) in [6, 6.07) is 12.6. The molecular formula is C17H18BrCl2N. The molecule has 0 saturated heterocycles. The molecule has 2 aromatic carbocycles. The van der Waals surface area contributed by atoms with E-state index >= 15 is 0 Å². The van der Waals surface area contributed by atoms with Crippen molar-refractivity contribution in [2.24, 2.45) is 0 Å². The Kier molecular flexibility index (Phi) is 6.12. The van der Waals surface area contributed by atoms with Crippen LogP contribution in [-0.4, -0.2) is 6.54 Å². The Hall–Kier alpha value is -0.540. The van der Waals surface area contributed by atoms with Gasteiger partial charge in [0.05, 0.1) is 10.0 Å². The topological polar surface area (TPSA) is 12.0 Å². The molecule has 0 aliphatic carbocycles. The van der Waals surface area contributed by atoms with Crippen molar-refractivity contribution in [3.05, 3.63) is 67.6 Å². The van der Waals surface area contributed by atoms with E-state index in [0.717, 1.165) is 17.4 Å². The van der Waals surface area contributed by atoms with Gasteiger partial charge in [0.1, 0.15) is 0 Å². The van der Waals surface area contributed by atoms with Gasteiger partial charge < -0.3 is 5.32 Å². The van der Waals surface area contributed by atoms with Gasteiger partial charge in [-0.2, -0.15) is 0 Å². The molecule has 0 aliphatic rings. The highest BCUT2D eigenvalue weighted by molar-refractivity contribution is 9.10. The molecule has 1 nitrogen and oxygen atoms in total. The average Bonchev–Trinajstić information content (AvgIpc) is 2.41. The zero-order valence-electron chi connectivity index (χ0n) is 12.1. The number of aryl methyl sites for hydroxylation is 1. The summed E-state index contributed by atoms with van der Waals surface area (Å²) in [7, 11) is 0. The lowest BCUT2D eigenvalue weighted by atomic mass is 9.97.